The van der Waals surface area contributed by atoms with Crippen molar-refractivity contribution in [1.82, 2.24) is 4.90 Å². The van der Waals surface area contributed by atoms with E-state index in [0.717, 1.165) is 18.5 Å². The lowest BCUT2D eigenvalue weighted by atomic mass is 9.90. The Morgan fingerprint density at radius 3 is 2.64 bits per heavy atom. The van der Waals surface area contributed by atoms with Gasteiger partial charge in [0.05, 0.1) is 7.11 Å². The lowest BCUT2D eigenvalue weighted by Crippen LogP contribution is -2.34. The van der Waals surface area contributed by atoms with Crippen LogP contribution in [0.15, 0.2) is 42.5 Å². The summed E-state index contributed by atoms with van der Waals surface area (Å²) in [6.45, 7) is 4.42. The second kappa shape index (κ2) is 9.50. The lowest BCUT2D eigenvalue weighted by molar-refractivity contribution is 0.0776. The third kappa shape index (κ3) is 4.90. The Kier molecular flexibility index (Phi) is 7.58. The van der Waals surface area contributed by atoms with Crippen LogP contribution in [0.4, 0.5) is 0 Å². The number of carbonyl (C=O) groups excluding carboxylic acids is 1. The molecule has 2 N–H and O–H groups in total. The van der Waals surface area contributed by atoms with E-state index < -0.39 is 0 Å². The van der Waals surface area contributed by atoms with E-state index in [4.69, 9.17) is 26.8 Å². The standard InChI is InChI=1S/C21H25ClN2O3.ClH/c1-21(13-23)9-10-24(14-21)20(25)15-7-8-18(19(11-15)26-2)27-12-16-5-3-4-6-17(16)22;/h3-8,11H,9-10,12-14,23H2,1-2H3;1H. The molecule has 0 aromatic heterocycles. The summed E-state index contributed by atoms with van der Waals surface area (Å²) < 4.78 is 11.3. The third-order valence-electron chi connectivity index (χ3n) is 5.09. The van der Waals surface area contributed by atoms with E-state index in [0.29, 0.717) is 41.8 Å². The highest BCUT2D eigenvalue weighted by Gasteiger charge is 2.35. The van der Waals surface area contributed by atoms with Crippen molar-refractivity contribution in [3.05, 3.63) is 58.6 Å². The Balaban J connectivity index is 0.00000280. The quantitative estimate of drug-likeness (QED) is 0.755. The first-order valence-corrected chi connectivity index (χ1v) is 9.37. The topological polar surface area (TPSA) is 64.8 Å². The van der Waals surface area contributed by atoms with Gasteiger partial charge in [-0.15, -0.1) is 12.4 Å². The Bertz CT molecular complexity index is 831. The molecule has 0 spiro atoms. The smallest absolute Gasteiger partial charge is 0.254 e. The highest BCUT2D eigenvalue weighted by molar-refractivity contribution is 6.31. The zero-order chi connectivity index (χ0) is 19.4. The minimum atomic E-state index is -0.0110. The van der Waals surface area contributed by atoms with Crippen LogP contribution in [0.2, 0.25) is 5.02 Å². The maximum absolute atomic E-state index is 12.8. The molecule has 7 heteroatoms. The van der Waals surface area contributed by atoms with Gasteiger partial charge in [0.1, 0.15) is 6.61 Å². The number of nitrogens with two attached hydrogens (primary N) is 1. The van der Waals surface area contributed by atoms with Gasteiger partial charge in [-0.05, 0) is 42.6 Å². The summed E-state index contributed by atoms with van der Waals surface area (Å²) in [6.07, 6.45) is 0.922. The predicted molar refractivity (Wildman–Crippen MR) is 114 cm³/mol. The fourth-order valence-corrected chi connectivity index (χ4v) is 3.43. The molecule has 1 fully saturated rings. The number of likely N-dealkylation sites (tertiary alicyclic amines) is 1. The molecule has 2 aromatic carbocycles. The average Bonchev–Trinajstić information content (AvgIpc) is 3.09. The number of benzene rings is 2. The first kappa shape index (κ1) is 22.3. The van der Waals surface area contributed by atoms with Gasteiger partial charge in [-0.3, -0.25) is 4.79 Å². The zero-order valence-corrected chi connectivity index (χ0v) is 17.7. The molecule has 3 rings (SSSR count). The zero-order valence-electron chi connectivity index (χ0n) is 16.1. The first-order valence-electron chi connectivity index (χ1n) is 8.99. The van der Waals surface area contributed by atoms with Crippen molar-refractivity contribution in [3.63, 3.8) is 0 Å². The Morgan fingerprint density at radius 2 is 2.00 bits per heavy atom. The summed E-state index contributed by atoms with van der Waals surface area (Å²) in [6, 6.07) is 12.8. The molecule has 1 amide bonds. The molecule has 152 valence electrons. The van der Waals surface area contributed by atoms with Gasteiger partial charge in [0.15, 0.2) is 11.5 Å². The second-order valence-corrected chi connectivity index (χ2v) is 7.64. The number of nitrogens with zero attached hydrogens (tertiary/aromatic N) is 1. The van der Waals surface area contributed by atoms with Crippen molar-refractivity contribution in [2.45, 2.75) is 20.0 Å². The Morgan fingerprint density at radius 1 is 1.25 bits per heavy atom. The molecule has 1 aliphatic rings. The number of carbonyl (C=O) groups is 1. The predicted octanol–water partition coefficient (Wildman–Crippen LogP) is 4.16. The summed E-state index contributed by atoms with van der Waals surface area (Å²) in [5.74, 6) is 1.08. The van der Waals surface area contributed by atoms with Crippen LogP contribution in [0.1, 0.15) is 29.3 Å². The summed E-state index contributed by atoms with van der Waals surface area (Å²) in [4.78, 5) is 14.7. The van der Waals surface area contributed by atoms with Gasteiger partial charge in [-0.1, -0.05) is 36.7 Å². The van der Waals surface area contributed by atoms with Gasteiger partial charge in [-0.2, -0.15) is 0 Å². The molecule has 0 bridgehead atoms. The molecular formula is C21H26Cl2N2O3. The number of hydrogen-bond donors (Lipinski definition) is 1. The van der Waals surface area contributed by atoms with Gasteiger partial charge in [0.2, 0.25) is 0 Å². The van der Waals surface area contributed by atoms with Crippen LogP contribution in [0.25, 0.3) is 0 Å². The molecule has 1 atom stereocenters. The van der Waals surface area contributed by atoms with Gasteiger partial charge in [-0.25, -0.2) is 0 Å². The molecule has 0 saturated carbocycles. The lowest BCUT2D eigenvalue weighted by Gasteiger charge is -2.23. The van der Waals surface area contributed by atoms with E-state index in [9.17, 15) is 4.79 Å². The molecule has 2 aromatic rings. The fraction of sp³-hybridized carbons (Fsp3) is 0.381. The van der Waals surface area contributed by atoms with E-state index in [1.807, 2.05) is 29.2 Å². The molecule has 1 unspecified atom stereocenters. The minimum absolute atomic E-state index is 0. The molecule has 1 saturated heterocycles. The minimum Gasteiger partial charge on any atom is -0.493 e. The van der Waals surface area contributed by atoms with E-state index in [2.05, 4.69) is 6.92 Å². The van der Waals surface area contributed by atoms with Gasteiger partial charge < -0.3 is 20.1 Å². The summed E-state index contributed by atoms with van der Waals surface area (Å²) in [7, 11) is 1.56. The molecule has 5 nitrogen and oxygen atoms in total. The van der Waals surface area contributed by atoms with Crippen LogP contribution in [0.3, 0.4) is 0 Å². The summed E-state index contributed by atoms with van der Waals surface area (Å²) >= 11 is 6.17. The van der Waals surface area contributed by atoms with Crippen molar-refractivity contribution >= 4 is 29.9 Å². The number of amides is 1. The average molecular weight is 425 g/mol. The number of methoxy groups -OCH3 is 1. The molecule has 28 heavy (non-hydrogen) atoms. The first-order chi connectivity index (χ1) is 13.0. The van der Waals surface area contributed by atoms with Crippen molar-refractivity contribution in [3.8, 4) is 11.5 Å². The number of hydrogen-bond acceptors (Lipinski definition) is 4. The normalized spacial score (nSPS) is 18.5. The van der Waals surface area contributed by atoms with Crippen molar-refractivity contribution < 1.29 is 14.3 Å². The van der Waals surface area contributed by atoms with Crippen LogP contribution in [0, 0.1) is 5.41 Å². The highest BCUT2D eigenvalue weighted by Crippen LogP contribution is 2.33. The van der Waals surface area contributed by atoms with Crippen LogP contribution >= 0.6 is 24.0 Å². The SMILES string of the molecule is COc1cc(C(=O)N2CCC(C)(CN)C2)ccc1OCc1ccccc1Cl.Cl. The maximum Gasteiger partial charge on any atom is 0.254 e. The number of halogens is 2. The van der Waals surface area contributed by atoms with Crippen LogP contribution < -0.4 is 15.2 Å². The maximum atomic E-state index is 12.8. The summed E-state index contributed by atoms with van der Waals surface area (Å²) in [5.41, 5.74) is 7.31. The van der Waals surface area contributed by atoms with E-state index in [1.54, 1.807) is 25.3 Å². The van der Waals surface area contributed by atoms with Crippen LogP contribution in [0.5, 0.6) is 11.5 Å². The molecule has 0 aliphatic carbocycles. The second-order valence-electron chi connectivity index (χ2n) is 7.24. The molecule has 1 heterocycles. The Hall–Kier alpha value is -1.95. The fourth-order valence-electron chi connectivity index (χ4n) is 3.24. The van der Waals surface area contributed by atoms with Crippen LogP contribution in [-0.2, 0) is 6.61 Å². The molecular weight excluding hydrogens is 399 g/mol. The molecule has 0 radical (unpaired) electrons. The largest absolute Gasteiger partial charge is 0.493 e. The van der Waals surface area contributed by atoms with E-state index >= 15 is 0 Å². The summed E-state index contributed by atoms with van der Waals surface area (Å²) in [5, 5.41) is 0.653. The van der Waals surface area contributed by atoms with Gasteiger partial charge >= 0.3 is 0 Å². The van der Waals surface area contributed by atoms with Crippen molar-refractivity contribution in [2.75, 3.05) is 26.7 Å². The number of rotatable bonds is 6. The third-order valence-corrected chi connectivity index (χ3v) is 5.46. The molecule has 1 aliphatic heterocycles. The monoisotopic (exact) mass is 424 g/mol. The Labute approximate surface area is 177 Å². The van der Waals surface area contributed by atoms with Crippen molar-refractivity contribution in [1.29, 1.82) is 0 Å². The van der Waals surface area contributed by atoms with E-state index in [1.165, 1.54) is 0 Å². The van der Waals surface area contributed by atoms with Crippen molar-refractivity contribution in [2.24, 2.45) is 11.1 Å². The highest BCUT2D eigenvalue weighted by atomic mass is 35.5. The number of ether oxygens (including phenoxy) is 2. The van der Waals surface area contributed by atoms with Crippen LogP contribution in [-0.4, -0.2) is 37.6 Å². The van der Waals surface area contributed by atoms with Gasteiger partial charge in [0, 0.05) is 29.2 Å². The van der Waals surface area contributed by atoms with Gasteiger partial charge in [0.25, 0.3) is 5.91 Å². The van der Waals surface area contributed by atoms with E-state index in [-0.39, 0.29) is 23.7 Å².